The maximum absolute atomic E-state index is 10.6. The van der Waals surface area contributed by atoms with Gasteiger partial charge in [0.25, 0.3) is 0 Å². The van der Waals surface area contributed by atoms with Crippen LogP contribution in [-0.2, 0) is 23.7 Å². The van der Waals surface area contributed by atoms with E-state index in [-0.39, 0.29) is 19.8 Å². The van der Waals surface area contributed by atoms with Gasteiger partial charge in [0.15, 0.2) is 12.6 Å². The normalized spacial score (nSPS) is 50.0. The first kappa shape index (κ1) is 26.1. The van der Waals surface area contributed by atoms with Crippen molar-refractivity contribution >= 4 is 0 Å². The van der Waals surface area contributed by atoms with Gasteiger partial charge >= 0.3 is 0 Å². The molecule has 0 aromatic rings. The number of ether oxygens (including phenoxy) is 5. The van der Waals surface area contributed by atoms with Crippen LogP contribution in [0.5, 0.6) is 0 Å². The number of β-amino-alcohol motifs (C(OH)–C–C–N with tert-alkyl or cyclic N) is 1. The molecule has 9 N–H and O–H groups in total. The van der Waals surface area contributed by atoms with E-state index < -0.39 is 86.3 Å². The molecule has 3 aliphatic rings. The maximum atomic E-state index is 10.6. The molecule has 0 aliphatic carbocycles. The Balaban J connectivity index is 1.69. The zero-order chi connectivity index (χ0) is 23.6. The molecule has 0 amide bonds. The molecule has 14 nitrogen and oxygen atoms in total. The van der Waals surface area contributed by atoms with E-state index in [0.717, 1.165) is 0 Å². The van der Waals surface area contributed by atoms with Crippen molar-refractivity contribution in [1.82, 2.24) is 5.32 Å². The monoisotopic (exact) mass is 471 g/mol. The Morgan fingerprint density at radius 3 is 1.94 bits per heavy atom. The predicted molar refractivity (Wildman–Crippen MR) is 101 cm³/mol. The summed E-state index contributed by atoms with van der Waals surface area (Å²) in [5, 5.41) is 83.5. The Morgan fingerprint density at radius 1 is 0.750 bits per heavy atom. The fraction of sp³-hybridized carbons (Fsp3) is 1.00. The number of rotatable bonds is 8. The minimum Gasteiger partial charge on any atom is -0.395 e. The molecule has 0 bridgehead atoms. The summed E-state index contributed by atoms with van der Waals surface area (Å²) >= 11 is 0. The minimum atomic E-state index is -1.71. The molecule has 14 heteroatoms. The zero-order valence-corrected chi connectivity index (χ0v) is 17.5. The number of methoxy groups -OCH3 is 1. The highest BCUT2D eigenvalue weighted by molar-refractivity contribution is 4.96. The fourth-order valence-corrected chi connectivity index (χ4v) is 4.10. The first-order valence-corrected chi connectivity index (χ1v) is 10.4. The average Bonchev–Trinajstić information content (AvgIpc) is 3.14. The molecule has 13 atom stereocenters. The van der Waals surface area contributed by atoms with Crippen LogP contribution in [0.25, 0.3) is 0 Å². The lowest BCUT2D eigenvalue weighted by Gasteiger charge is -2.46. The van der Waals surface area contributed by atoms with E-state index in [9.17, 15) is 40.9 Å². The highest BCUT2D eigenvalue weighted by Gasteiger charge is 2.52. The van der Waals surface area contributed by atoms with Crippen LogP contribution in [0, 0.1) is 0 Å². The van der Waals surface area contributed by atoms with Gasteiger partial charge in [-0.3, -0.25) is 0 Å². The molecule has 3 rings (SSSR count). The third kappa shape index (κ3) is 5.24. The Bertz CT molecular complexity index is 585. The number of aliphatic hydroxyl groups is 8. The highest BCUT2D eigenvalue weighted by atomic mass is 16.7. The van der Waals surface area contributed by atoms with Gasteiger partial charge in [-0.25, -0.2) is 0 Å². The van der Waals surface area contributed by atoms with Crippen molar-refractivity contribution in [3.05, 3.63) is 0 Å². The van der Waals surface area contributed by atoms with E-state index in [1.165, 1.54) is 7.11 Å². The van der Waals surface area contributed by atoms with Gasteiger partial charge in [0.05, 0.1) is 32.0 Å². The predicted octanol–water partition coefficient (Wildman–Crippen LogP) is -6.03. The van der Waals surface area contributed by atoms with Crippen molar-refractivity contribution in [2.75, 3.05) is 33.5 Å². The van der Waals surface area contributed by atoms with E-state index in [2.05, 4.69) is 5.32 Å². The molecule has 0 saturated carbocycles. The van der Waals surface area contributed by atoms with Gasteiger partial charge in [-0.2, -0.15) is 0 Å². The molecular weight excluding hydrogens is 438 g/mol. The molecule has 0 spiro atoms. The molecule has 3 heterocycles. The van der Waals surface area contributed by atoms with E-state index in [1.54, 1.807) is 0 Å². The van der Waals surface area contributed by atoms with Gasteiger partial charge in [-0.1, -0.05) is 0 Å². The number of hydrogen-bond donors (Lipinski definition) is 9. The highest BCUT2D eigenvalue weighted by Crippen LogP contribution is 2.30. The lowest BCUT2D eigenvalue weighted by molar-refractivity contribution is -0.364. The summed E-state index contributed by atoms with van der Waals surface area (Å²) in [6, 6.07) is -0.629. The Morgan fingerprint density at radius 2 is 1.34 bits per heavy atom. The minimum absolute atomic E-state index is 0.125. The molecule has 0 radical (unpaired) electrons. The molecule has 188 valence electrons. The summed E-state index contributed by atoms with van der Waals surface area (Å²) in [6.07, 6.45) is -16.9. The average molecular weight is 471 g/mol. The van der Waals surface area contributed by atoms with E-state index in [4.69, 9.17) is 23.7 Å². The van der Waals surface area contributed by atoms with Gasteiger partial charge in [-0.05, 0) is 0 Å². The van der Waals surface area contributed by atoms with E-state index in [0.29, 0.717) is 0 Å². The zero-order valence-electron chi connectivity index (χ0n) is 17.5. The van der Waals surface area contributed by atoms with Crippen LogP contribution < -0.4 is 5.32 Å². The van der Waals surface area contributed by atoms with Crippen molar-refractivity contribution in [2.24, 2.45) is 0 Å². The third-order valence-electron chi connectivity index (χ3n) is 5.96. The van der Waals surface area contributed by atoms with Crippen LogP contribution in [-0.4, -0.2) is 154 Å². The second-order valence-corrected chi connectivity index (χ2v) is 8.14. The van der Waals surface area contributed by atoms with Crippen molar-refractivity contribution in [3.8, 4) is 0 Å². The van der Waals surface area contributed by atoms with E-state index in [1.807, 2.05) is 0 Å². The Labute approximate surface area is 183 Å². The van der Waals surface area contributed by atoms with Crippen LogP contribution in [0.3, 0.4) is 0 Å². The smallest absolute Gasteiger partial charge is 0.187 e. The molecular formula is C18H33NO13. The van der Waals surface area contributed by atoms with E-state index >= 15 is 0 Å². The maximum Gasteiger partial charge on any atom is 0.187 e. The lowest BCUT2D eigenvalue weighted by Crippen LogP contribution is -2.65. The summed E-state index contributed by atoms with van der Waals surface area (Å²) in [6.45, 7) is -1.01. The first-order chi connectivity index (χ1) is 15.2. The van der Waals surface area contributed by atoms with Crippen molar-refractivity contribution in [2.45, 2.75) is 79.7 Å². The van der Waals surface area contributed by atoms with Crippen LogP contribution in [0.15, 0.2) is 0 Å². The molecule has 3 fully saturated rings. The molecule has 0 aromatic heterocycles. The largest absolute Gasteiger partial charge is 0.395 e. The van der Waals surface area contributed by atoms with Crippen molar-refractivity contribution in [3.63, 3.8) is 0 Å². The summed E-state index contributed by atoms with van der Waals surface area (Å²) in [4.78, 5) is 0. The topological polar surface area (TPSA) is 220 Å². The number of nitrogens with one attached hydrogen (secondary N) is 1. The van der Waals surface area contributed by atoms with Gasteiger partial charge < -0.3 is 69.9 Å². The molecule has 3 saturated heterocycles. The third-order valence-corrected chi connectivity index (χ3v) is 5.96. The lowest BCUT2D eigenvalue weighted by atomic mass is 9.97. The molecule has 3 aliphatic heterocycles. The van der Waals surface area contributed by atoms with Crippen molar-refractivity contribution in [1.29, 1.82) is 0 Å². The van der Waals surface area contributed by atoms with Gasteiger partial charge in [-0.15, -0.1) is 0 Å². The van der Waals surface area contributed by atoms with Gasteiger partial charge in [0.1, 0.15) is 54.9 Å². The quantitative estimate of drug-likeness (QED) is 0.161. The summed E-state index contributed by atoms with van der Waals surface area (Å²) < 4.78 is 27.0. The summed E-state index contributed by atoms with van der Waals surface area (Å²) in [5.41, 5.74) is 0. The van der Waals surface area contributed by atoms with Crippen LogP contribution in [0.2, 0.25) is 0 Å². The molecule has 4 unspecified atom stereocenters. The Hall–Kier alpha value is -0.560. The SMILES string of the molecule is COC[C@H]1O[C@@H](O[C@@H]2[C@@H](O)[C@@H](O)C(OC3C(O)CNC3CO)O[C@@H]2CO)[C@H](O)[C@@H](O)[C@@H]1O. The molecule has 32 heavy (non-hydrogen) atoms. The summed E-state index contributed by atoms with van der Waals surface area (Å²) in [7, 11) is 1.35. The molecule has 0 aromatic carbocycles. The van der Waals surface area contributed by atoms with Crippen LogP contribution in [0.4, 0.5) is 0 Å². The van der Waals surface area contributed by atoms with Crippen LogP contribution >= 0.6 is 0 Å². The second kappa shape index (κ2) is 11.2. The van der Waals surface area contributed by atoms with Gasteiger partial charge in [0.2, 0.25) is 0 Å². The second-order valence-electron chi connectivity index (χ2n) is 8.14. The fourth-order valence-electron chi connectivity index (χ4n) is 4.10. The van der Waals surface area contributed by atoms with Crippen LogP contribution in [0.1, 0.15) is 0 Å². The first-order valence-electron chi connectivity index (χ1n) is 10.4. The number of hydrogen-bond acceptors (Lipinski definition) is 14. The standard InChI is InChI=1S/C18H33NO13/c1-28-5-9-10(23)11(24)13(26)17(30-9)32-16-8(4-21)29-18(14(27)12(16)25)31-15-6(3-20)19-2-7(15)22/h6-27H,2-5H2,1H3/t6?,7?,8-,9-,10-,11+,12+,13-,14-,15?,16+,17+,18?/m1/s1. The Kier molecular flexibility index (Phi) is 9.15. The van der Waals surface area contributed by atoms with Crippen molar-refractivity contribution < 1.29 is 64.5 Å². The number of aliphatic hydroxyl groups excluding tert-OH is 8. The van der Waals surface area contributed by atoms with Gasteiger partial charge in [0, 0.05) is 13.7 Å². The summed E-state index contributed by atoms with van der Waals surface area (Å²) in [5.74, 6) is 0.